The van der Waals surface area contributed by atoms with Gasteiger partial charge in [-0.1, -0.05) is 6.92 Å². The Kier molecular flexibility index (Phi) is 4.94. The number of esters is 1. The summed E-state index contributed by atoms with van der Waals surface area (Å²) >= 11 is 0. The van der Waals surface area contributed by atoms with Crippen LogP contribution < -0.4 is 5.73 Å². The molecule has 0 bridgehead atoms. The summed E-state index contributed by atoms with van der Waals surface area (Å²) in [6.45, 7) is 3.48. The zero-order valence-electron chi connectivity index (χ0n) is 9.00. The molecule has 2 N–H and O–H groups in total. The molecule has 1 unspecified atom stereocenters. The number of carbonyl (C=O) groups excluding carboxylic acids is 1. The maximum absolute atomic E-state index is 11.2. The molecule has 0 aromatic rings. The summed E-state index contributed by atoms with van der Waals surface area (Å²) < 4.78 is 5.12. The van der Waals surface area contributed by atoms with E-state index in [0.717, 1.165) is 12.8 Å². The third kappa shape index (κ3) is 5.22. The van der Waals surface area contributed by atoms with E-state index in [4.69, 9.17) is 10.5 Å². The van der Waals surface area contributed by atoms with Crippen molar-refractivity contribution in [1.29, 1.82) is 0 Å². The molecule has 1 aliphatic rings. The van der Waals surface area contributed by atoms with Gasteiger partial charge in [-0.2, -0.15) is 0 Å². The topological polar surface area (TPSA) is 52.3 Å². The van der Waals surface area contributed by atoms with Crippen LogP contribution in [0.1, 0.15) is 39.0 Å². The molecule has 0 heterocycles. The van der Waals surface area contributed by atoms with E-state index in [9.17, 15) is 4.79 Å². The Labute approximate surface area is 86.0 Å². The highest BCUT2D eigenvalue weighted by Gasteiger charge is 2.22. The summed E-state index contributed by atoms with van der Waals surface area (Å²) in [6.07, 6.45) is 4.91. The van der Waals surface area contributed by atoms with Crippen LogP contribution in [0.15, 0.2) is 0 Å². The Morgan fingerprint density at radius 3 is 2.79 bits per heavy atom. The first-order valence-corrected chi connectivity index (χ1v) is 5.58. The second kappa shape index (κ2) is 6.02. The Hall–Kier alpha value is -0.570. The maximum Gasteiger partial charge on any atom is 0.305 e. The van der Waals surface area contributed by atoms with Gasteiger partial charge in [0.2, 0.25) is 0 Å². The zero-order chi connectivity index (χ0) is 10.4. The van der Waals surface area contributed by atoms with Crippen molar-refractivity contribution in [2.45, 2.75) is 39.0 Å². The molecule has 3 nitrogen and oxygen atoms in total. The van der Waals surface area contributed by atoms with Crippen molar-refractivity contribution in [3.8, 4) is 0 Å². The van der Waals surface area contributed by atoms with Gasteiger partial charge in [0.25, 0.3) is 0 Å². The Bertz CT molecular complexity index is 178. The van der Waals surface area contributed by atoms with Gasteiger partial charge in [0.05, 0.1) is 6.61 Å². The molecule has 1 atom stereocenters. The highest BCUT2D eigenvalue weighted by Crippen LogP contribution is 2.28. The van der Waals surface area contributed by atoms with Crippen LogP contribution >= 0.6 is 0 Å². The summed E-state index contributed by atoms with van der Waals surface area (Å²) in [5, 5.41) is 0. The van der Waals surface area contributed by atoms with Crippen molar-refractivity contribution >= 4 is 5.97 Å². The monoisotopic (exact) mass is 199 g/mol. The molecule has 1 rings (SSSR count). The quantitative estimate of drug-likeness (QED) is 0.635. The minimum absolute atomic E-state index is 0.0410. The van der Waals surface area contributed by atoms with E-state index in [0.29, 0.717) is 31.4 Å². The lowest BCUT2D eigenvalue weighted by Gasteiger charge is -2.09. The molecule has 82 valence electrons. The van der Waals surface area contributed by atoms with Crippen LogP contribution in [0.25, 0.3) is 0 Å². The fraction of sp³-hybridized carbons (Fsp3) is 0.909. The molecule has 1 fully saturated rings. The Morgan fingerprint density at radius 2 is 2.21 bits per heavy atom. The van der Waals surface area contributed by atoms with E-state index in [1.54, 1.807) is 0 Å². The largest absolute Gasteiger partial charge is 0.465 e. The van der Waals surface area contributed by atoms with Gasteiger partial charge >= 0.3 is 5.97 Å². The first kappa shape index (κ1) is 11.5. The number of hydrogen-bond donors (Lipinski definition) is 1. The van der Waals surface area contributed by atoms with Crippen molar-refractivity contribution in [2.75, 3.05) is 13.2 Å². The van der Waals surface area contributed by atoms with E-state index in [2.05, 4.69) is 6.92 Å². The van der Waals surface area contributed by atoms with Crippen molar-refractivity contribution in [3.05, 3.63) is 0 Å². The number of ether oxygens (including phenoxy) is 1. The standard InChI is InChI=1S/C11H21NO2/c1-9(6-7-12)2-5-11(13)14-8-10-3-4-10/h9-10H,2-8,12H2,1H3. The predicted octanol–water partition coefficient (Wildman–Crippen LogP) is 1.70. The van der Waals surface area contributed by atoms with Gasteiger partial charge in [-0.05, 0) is 44.1 Å². The molecule has 0 saturated heterocycles. The minimum atomic E-state index is -0.0410. The minimum Gasteiger partial charge on any atom is -0.465 e. The maximum atomic E-state index is 11.2. The summed E-state index contributed by atoms with van der Waals surface area (Å²) in [4.78, 5) is 11.2. The smallest absolute Gasteiger partial charge is 0.305 e. The van der Waals surface area contributed by atoms with Gasteiger partial charge < -0.3 is 10.5 Å². The van der Waals surface area contributed by atoms with Gasteiger partial charge in [-0.3, -0.25) is 4.79 Å². The van der Waals surface area contributed by atoms with Crippen molar-refractivity contribution in [2.24, 2.45) is 17.6 Å². The Morgan fingerprint density at radius 1 is 1.50 bits per heavy atom. The lowest BCUT2D eigenvalue weighted by molar-refractivity contribution is -0.144. The molecule has 3 heteroatoms. The van der Waals surface area contributed by atoms with Crippen LogP contribution in [0.3, 0.4) is 0 Å². The average Bonchev–Trinajstić information content (AvgIpc) is 2.95. The SMILES string of the molecule is CC(CCN)CCC(=O)OCC1CC1. The van der Waals surface area contributed by atoms with E-state index in [-0.39, 0.29) is 5.97 Å². The van der Waals surface area contributed by atoms with Gasteiger partial charge in [-0.15, -0.1) is 0 Å². The summed E-state index contributed by atoms with van der Waals surface area (Å²) in [5.74, 6) is 1.16. The first-order valence-electron chi connectivity index (χ1n) is 5.58. The third-order valence-corrected chi connectivity index (χ3v) is 2.68. The van der Waals surface area contributed by atoms with Gasteiger partial charge in [-0.25, -0.2) is 0 Å². The van der Waals surface area contributed by atoms with Crippen LogP contribution in [0.2, 0.25) is 0 Å². The molecular weight excluding hydrogens is 178 g/mol. The lowest BCUT2D eigenvalue weighted by atomic mass is 10.0. The van der Waals surface area contributed by atoms with Crippen LogP contribution in [0, 0.1) is 11.8 Å². The highest BCUT2D eigenvalue weighted by atomic mass is 16.5. The van der Waals surface area contributed by atoms with Crippen molar-refractivity contribution in [3.63, 3.8) is 0 Å². The lowest BCUT2D eigenvalue weighted by Crippen LogP contribution is -2.11. The molecule has 1 saturated carbocycles. The van der Waals surface area contributed by atoms with Gasteiger partial charge in [0.1, 0.15) is 0 Å². The zero-order valence-corrected chi connectivity index (χ0v) is 9.00. The summed E-state index contributed by atoms with van der Waals surface area (Å²) in [5.41, 5.74) is 5.43. The van der Waals surface area contributed by atoms with Crippen LogP contribution in [-0.4, -0.2) is 19.1 Å². The van der Waals surface area contributed by atoms with Gasteiger partial charge in [0, 0.05) is 6.42 Å². The van der Waals surface area contributed by atoms with Crippen LogP contribution in [-0.2, 0) is 9.53 Å². The van der Waals surface area contributed by atoms with Crippen LogP contribution in [0.5, 0.6) is 0 Å². The molecule has 0 spiro atoms. The van der Waals surface area contributed by atoms with Crippen LogP contribution in [0.4, 0.5) is 0 Å². The van der Waals surface area contributed by atoms with E-state index >= 15 is 0 Å². The van der Waals surface area contributed by atoms with Gasteiger partial charge in [0.15, 0.2) is 0 Å². The molecule has 0 radical (unpaired) electrons. The normalized spacial score (nSPS) is 17.9. The summed E-state index contributed by atoms with van der Waals surface area (Å²) in [7, 11) is 0. The third-order valence-electron chi connectivity index (χ3n) is 2.68. The fourth-order valence-corrected chi connectivity index (χ4v) is 1.36. The van der Waals surface area contributed by atoms with Crippen molar-refractivity contribution in [1.82, 2.24) is 0 Å². The van der Waals surface area contributed by atoms with E-state index in [1.807, 2.05) is 0 Å². The molecule has 0 aliphatic heterocycles. The predicted molar refractivity (Wildman–Crippen MR) is 55.8 cm³/mol. The molecule has 0 aromatic carbocycles. The number of carbonyl (C=O) groups is 1. The number of rotatable bonds is 7. The number of hydrogen-bond acceptors (Lipinski definition) is 3. The first-order chi connectivity index (χ1) is 6.72. The molecule has 14 heavy (non-hydrogen) atoms. The molecule has 0 amide bonds. The second-order valence-corrected chi connectivity index (χ2v) is 4.35. The molecule has 0 aromatic heterocycles. The highest BCUT2D eigenvalue weighted by molar-refractivity contribution is 5.69. The summed E-state index contributed by atoms with van der Waals surface area (Å²) in [6, 6.07) is 0. The fourth-order valence-electron chi connectivity index (χ4n) is 1.36. The average molecular weight is 199 g/mol. The molecule has 1 aliphatic carbocycles. The second-order valence-electron chi connectivity index (χ2n) is 4.35. The molecular formula is C11H21NO2. The Balaban J connectivity index is 1.95. The van der Waals surface area contributed by atoms with E-state index in [1.165, 1.54) is 12.8 Å². The van der Waals surface area contributed by atoms with Crippen molar-refractivity contribution < 1.29 is 9.53 Å². The van der Waals surface area contributed by atoms with E-state index < -0.39 is 0 Å². The number of nitrogens with two attached hydrogens (primary N) is 1.